The average molecular weight is 359 g/mol. The molecule has 0 aliphatic carbocycles. The fourth-order valence-corrected chi connectivity index (χ4v) is 3.08. The lowest BCUT2D eigenvalue weighted by atomic mass is 9.88. The summed E-state index contributed by atoms with van der Waals surface area (Å²) in [4.78, 5) is 48.5. The van der Waals surface area contributed by atoms with Crippen molar-refractivity contribution in [2.24, 2.45) is 0 Å². The van der Waals surface area contributed by atoms with Crippen molar-refractivity contribution < 1.29 is 9.90 Å². The van der Waals surface area contributed by atoms with Gasteiger partial charge in [0.1, 0.15) is 5.69 Å². The van der Waals surface area contributed by atoms with E-state index in [1.54, 1.807) is 20.8 Å². The minimum Gasteiger partial charge on any atom is -0.388 e. The number of carbonyl (C=O) groups is 1. The summed E-state index contributed by atoms with van der Waals surface area (Å²) in [5.41, 5.74) is -1.02. The van der Waals surface area contributed by atoms with E-state index in [0.717, 1.165) is 0 Å². The zero-order valence-corrected chi connectivity index (χ0v) is 14.9. The van der Waals surface area contributed by atoms with Crippen molar-refractivity contribution in [3.8, 4) is 0 Å². The summed E-state index contributed by atoms with van der Waals surface area (Å²) in [6.07, 6.45) is 4.63. The summed E-state index contributed by atoms with van der Waals surface area (Å²) in [6, 6.07) is -0.693. The predicted octanol–water partition coefficient (Wildman–Crippen LogP) is -0.218. The van der Waals surface area contributed by atoms with Crippen molar-refractivity contribution >= 4 is 5.91 Å². The monoisotopic (exact) mass is 359 g/mol. The van der Waals surface area contributed by atoms with Crippen LogP contribution in [0.4, 0.5) is 0 Å². The molecule has 26 heavy (non-hydrogen) atoms. The van der Waals surface area contributed by atoms with E-state index in [4.69, 9.17) is 0 Å². The third kappa shape index (κ3) is 3.30. The molecule has 0 spiro atoms. The van der Waals surface area contributed by atoms with Gasteiger partial charge >= 0.3 is 5.69 Å². The molecule has 9 nitrogen and oxygen atoms in total. The van der Waals surface area contributed by atoms with Crippen LogP contribution in [0.5, 0.6) is 0 Å². The van der Waals surface area contributed by atoms with Gasteiger partial charge in [-0.1, -0.05) is 0 Å². The molecule has 0 unspecified atom stereocenters. The van der Waals surface area contributed by atoms with Gasteiger partial charge in [0.15, 0.2) is 0 Å². The van der Waals surface area contributed by atoms with E-state index < -0.39 is 22.9 Å². The number of piperidine rings is 1. The predicted molar refractivity (Wildman–Crippen MR) is 93.0 cm³/mol. The van der Waals surface area contributed by atoms with Gasteiger partial charge in [0, 0.05) is 31.0 Å². The molecule has 0 aromatic carbocycles. The lowest BCUT2D eigenvalue weighted by Crippen LogP contribution is -2.55. The van der Waals surface area contributed by atoms with Crippen LogP contribution < -0.4 is 11.2 Å². The first-order valence-electron chi connectivity index (χ1n) is 8.31. The topological polar surface area (TPSA) is 121 Å². The number of hydrogen-bond donors (Lipinski definition) is 2. The van der Waals surface area contributed by atoms with Crippen molar-refractivity contribution in [3.05, 3.63) is 56.4 Å². The average Bonchev–Trinajstić information content (AvgIpc) is 2.58. The van der Waals surface area contributed by atoms with Crippen LogP contribution in [0, 0.1) is 13.8 Å². The van der Waals surface area contributed by atoms with Crippen LogP contribution in [0.25, 0.3) is 0 Å². The fraction of sp³-hybridized carbons (Fsp3) is 0.471. The second-order valence-electron chi connectivity index (χ2n) is 6.90. The molecule has 1 saturated heterocycles. The Bertz CT molecular complexity index is 945. The number of amides is 1. The van der Waals surface area contributed by atoms with E-state index in [1.807, 2.05) is 0 Å². The Kier molecular flexibility index (Phi) is 4.49. The number of hydrogen-bond acceptors (Lipinski definition) is 6. The quantitative estimate of drug-likeness (QED) is 0.765. The van der Waals surface area contributed by atoms with Crippen LogP contribution in [-0.2, 0) is 0 Å². The third-order valence-electron chi connectivity index (χ3n) is 4.77. The molecule has 2 aromatic rings. The molecule has 1 amide bonds. The third-order valence-corrected chi connectivity index (χ3v) is 4.77. The first kappa shape index (κ1) is 18.0. The largest absolute Gasteiger partial charge is 0.388 e. The van der Waals surface area contributed by atoms with Gasteiger partial charge in [-0.05, 0) is 27.2 Å². The van der Waals surface area contributed by atoms with E-state index in [0.29, 0.717) is 17.8 Å². The number of carbonyl (C=O) groups excluding carboxylic acids is 1. The first-order chi connectivity index (χ1) is 12.2. The van der Waals surface area contributed by atoms with Crippen LogP contribution in [-0.4, -0.2) is 54.1 Å². The molecule has 0 radical (unpaired) electrons. The van der Waals surface area contributed by atoms with E-state index in [2.05, 4.69) is 15.0 Å². The van der Waals surface area contributed by atoms with Gasteiger partial charge in [0.2, 0.25) is 0 Å². The van der Waals surface area contributed by atoms with Crippen LogP contribution >= 0.6 is 0 Å². The Morgan fingerprint density at radius 2 is 2.04 bits per heavy atom. The Balaban J connectivity index is 1.94. The molecule has 2 N–H and O–H groups in total. The van der Waals surface area contributed by atoms with Gasteiger partial charge < -0.3 is 10.0 Å². The zero-order chi connectivity index (χ0) is 19.1. The van der Waals surface area contributed by atoms with E-state index >= 15 is 0 Å². The van der Waals surface area contributed by atoms with Crippen molar-refractivity contribution in [1.82, 2.24) is 24.4 Å². The maximum absolute atomic E-state index is 12.7. The molecule has 3 rings (SSSR count). The highest BCUT2D eigenvalue weighted by Gasteiger charge is 2.41. The summed E-state index contributed by atoms with van der Waals surface area (Å²) in [5.74, 6) is -0.313. The first-order valence-corrected chi connectivity index (χ1v) is 8.31. The summed E-state index contributed by atoms with van der Waals surface area (Å²) < 4.78 is 1.29. The van der Waals surface area contributed by atoms with Crippen molar-refractivity contribution in [2.45, 2.75) is 38.8 Å². The zero-order valence-electron chi connectivity index (χ0n) is 14.9. The second kappa shape index (κ2) is 6.49. The summed E-state index contributed by atoms with van der Waals surface area (Å²) >= 11 is 0. The van der Waals surface area contributed by atoms with Gasteiger partial charge in [-0.2, -0.15) is 0 Å². The van der Waals surface area contributed by atoms with Crippen LogP contribution in [0.2, 0.25) is 0 Å². The number of likely N-dealkylation sites (tertiary alicyclic amines) is 1. The van der Waals surface area contributed by atoms with Crippen molar-refractivity contribution in [3.63, 3.8) is 0 Å². The Labute approximate surface area is 149 Å². The maximum Gasteiger partial charge on any atom is 0.328 e. The normalized spacial score (nSPS) is 23.1. The lowest BCUT2D eigenvalue weighted by Gasteiger charge is -2.43. The van der Waals surface area contributed by atoms with Gasteiger partial charge in [-0.3, -0.25) is 24.1 Å². The summed E-state index contributed by atoms with van der Waals surface area (Å²) in [7, 11) is 0. The minimum absolute atomic E-state index is 0.118. The number of aromatic nitrogens is 4. The smallest absolute Gasteiger partial charge is 0.328 e. The highest BCUT2D eigenvalue weighted by molar-refractivity contribution is 5.92. The van der Waals surface area contributed by atoms with Gasteiger partial charge in [0.25, 0.3) is 11.5 Å². The van der Waals surface area contributed by atoms with Crippen molar-refractivity contribution in [2.75, 3.05) is 13.1 Å². The number of H-pyrrole nitrogens is 1. The van der Waals surface area contributed by atoms with Crippen LogP contribution in [0.3, 0.4) is 0 Å². The van der Waals surface area contributed by atoms with Crippen LogP contribution in [0.15, 0.2) is 28.2 Å². The molecule has 2 atom stereocenters. The Morgan fingerprint density at radius 3 is 2.69 bits per heavy atom. The lowest BCUT2D eigenvalue weighted by molar-refractivity contribution is -0.0461. The SMILES string of the molecule is Cc1cnc(C(=O)N2CC[C@@](C)(O)[C@H](n3cc(C)c(=O)[nH]c3=O)C2)cn1. The van der Waals surface area contributed by atoms with Crippen LogP contribution in [0.1, 0.15) is 41.1 Å². The molecule has 0 bridgehead atoms. The Morgan fingerprint density at radius 1 is 1.31 bits per heavy atom. The number of nitrogens with one attached hydrogen (secondary N) is 1. The van der Waals surface area contributed by atoms with Gasteiger partial charge in [-0.15, -0.1) is 0 Å². The van der Waals surface area contributed by atoms with Crippen molar-refractivity contribution in [1.29, 1.82) is 0 Å². The molecule has 138 valence electrons. The van der Waals surface area contributed by atoms with Gasteiger partial charge in [-0.25, -0.2) is 9.78 Å². The van der Waals surface area contributed by atoms with E-state index in [-0.39, 0.29) is 24.6 Å². The minimum atomic E-state index is -1.20. The molecule has 9 heteroatoms. The molecular weight excluding hydrogens is 338 g/mol. The number of aromatic amines is 1. The van der Waals surface area contributed by atoms with E-state index in [1.165, 1.54) is 28.1 Å². The standard InChI is InChI=1S/C17H21N5O4/c1-10-8-22(16(25)20-14(10)23)13-9-21(5-4-17(13,3)26)15(24)12-7-18-11(2)6-19-12/h6-8,13,26H,4-5,9H2,1-3H3,(H,20,23,25)/t13-,17-/m1/s1. The molecule has 1 fully saturated rings. The fourth-order valence-electron chi connectivity index (χ4n) is 3.08. The van der Waals surface area contributed by atoms with E-state index in [9.17, 15) is 19.5 Å². The highest BCUT2D eigenvalue weighted by atomic mass is 16.3. The number of aliphatic hydroxyl groups is 1. The number of nitrogens with zero attached hydrogens (tertiary/aromatic N) is 4. The van der Waals surface area contributed by atoms with Gasteiger partial charge in [0.05, 0.1) is 23.5 Å². The number of aryl methyl sites for hydroxylation is 2. The number of rotatable bonds is 2. The Hall–Kier alpha value is -2.81. The molecule has 2 aromatic heterocycles. The molecule has 3 heterocycles. The molecule has 1 aliphatic heterocycles. The molecular formula is C17H21N5O4. The summed E-state index contributed by atoms with van der Waals surface area (Å²) in [6.45, 7) is 5.43. The maximum atomic E-state index is 12.7. The highest BCUT2D eigenvalue weighted by Crippen LogP contribution is 2.31. The molecule has 0 saturated carbocycles. The summed E-state index contributed by atoms with van der Waals surface area (Å²) in [5, 5.41) is 10.8. The second-order valence-corrected chi connectivity index (χ2v) is 6.90. The molecule has 1 aliphatic rings.